The minimum atomic E-state index is -1.04. The third-order valence-electron chi connectivity index (χ3n) is 3.71. The number of rotatable bonds is 3. The molecule has 0 radical (unpaired) electrons. The van der Waals surface area contributed by atoms with E-state index in [-0.39, 0.29) is 11.8 Å². The van der Waals surface area contributed by atoms with Crippen LogP contribution in [0.1, 0.15) is 37.5 Å². The second-order valence-corrected chi connectivity index (χ2v) is 5.89. The maximum absolute atomic E-state index is 12.4. The average Bonchev–Trinajstić information content (AvgIpc) is 2.96. The van der Waals surface area contributed by atoms with Gasteiger partial charge >= 0.3 is 5.97 Å². The maximum Gasteiger partial charge on any atom is 0.329 e. The van der Waals surface area contributed by atoms with Gasteiger partial charge in [0.2, 0.25) is 5.91 Å². The highest BCUT2D eigenvalue weighted by Gasteiger charge is 2.46. The van der Waals surface area contributed by atoms with Crippen molar-refractivity contribution in [3.05, 3.63) is 22.4 Å². The zero-order chi connectivity index (χ0) is 13.3. The third-order valence-corrected chi connectivity index (χ3v) is 4.76. The Kier molecular flexibility index (Phi) is 3.43. The number of carbonyl (C=O) groups excluding carboxylic acids is 1. The van der Waals surface area contributed by atoms with Crippen LogP contribution in [0.5, 0.6) is 0 Å². The number of amides is 1. The van der Waals surface area contributed by atoms with Crippen molar-refractivity contribution in [2.24, 2.45) is 0 Å². The number of nitrogens with zero attached hydrogens (tertiary/aromatic N) is 1. The largest absolute Gasteiger partial charge is 0.480 e. The number of carboxylic acid groups (broad SMARTS) is 1. The smallest absolute Gasteiger partial charge is 0.329 e. The van der Waals surface area contributed by atoms with Crippen LogP contribution in [-0.4, -0.2) is 34.0 Å². The van der Waals surface area contributed by atoms with Gasteiger partial charge in [-0.1, -0.05) is 6.07 Å². The van der Waals surface area contributed by atoms with Crippen LogP contribution in [0, 0.1) is 0 Å². The van der Waals surface area contributed by atoms with E-state index in [4.69, 9.17) is 0 Å². The fraction of sp³-hybridized carbons (Fsp3) is 0.538. The second-order valence-electron chi connectivity index (χ2n) is 4.91. The molecule has 0 saturated carbocycles. The molecule has 0 spiro atoms. The van der Waals surface area contributed by atoms with Gasteiger partial charge in [-0.05, 0) is 38.1 Å². The van der Waals surface area contributed by atoms with Gasteiger partial charge in [-0.15, -0.1) is 11.3 Å². The van der Waals surface area contributed by atoms with Gasteiger partial charge in [0.25, 0.3) is 0 Å². The second kappa shape index (κ2) is 4.72. The number of hydrogen-bond acceptors (Lipinski definition) is 3. The number of hydrogen-bond donors (Lipinski definition) is 1. The van der Waals surface area contributed by atoms with Crippen LogP contribution in [-0.2, 0) is 9.59 Å². The Morgan fingerprint density at radius 2 is 2.28 bits per heavy atom. The average molecular weight is 267 g/mol. The molecule has 1 aliphatic heterocycles. The first-order chi connectivity index (χ1) is 8.47. The Morgan fingerprint density at radius 3 is 2.83 bits per heavy atom. The molecule has 2 heterocycles. The van der Waals surface area contributed by atoms with E-state index >= 15 is 0 Å². The molecule has 2 rings (SSSR count). The van der Waals surface area contributed by atoms with E-state index in [1.54, 1.807) is 6.92 Å². The fourth-order valence-electron chi connectivity index (χ4n) is 2.43. The summed E-state index contributed by atoms with van der Waals surface area (Å²) >= 11 is 1.53. The molecular weight excluding hydrogens is 250 g/mol. The molecule has 1 N–H and O–H groups in total. The highest BCUT2D eigenvalue weighted by atomic mass is 32.1. The van der Waals surface area contributed by atoms with E-state index in [0.717, 1.165) is 11.3 Å². The molecule has 1 saturated heterocycles. The van der Waals surface area contributed by atoms with Crippen LogP contribution in [0.3, 0.4) is 0 Å². The van der Waals surface area contributed by atoms with E-state index in [0.29, 0.717) is 13.0 Å². The quantitative estimate of drug-likeness (QED) is 0.914. The Morgan fingerprint density at radius 1 is 1.56 bits per heavy atom. The molecule has 18 heavy (non-hydrogen) atoms. The molecular formula is C13H17NO3S. The van der Waals surface area contributed by atoms with E-state index in [1.165, 1.54) is 16.2 Å². The summed E-state index contributed by atoms with van der Waals surface area (Å²) in [4.78, 5) is 26.3. The van der Waals surface area contributed by atoms with Gasteiger partial charge in [0.1, 0.15) is 5.54 Å². The lowest BCUT2D eigenvalue weighted by Gasteiger charge is -2.33. The van der Waals surface area contributed by atoms with E-state index < -0.39 is 11.5 Å². The molecule has 0 bridgehead atoms. The normalized spacial score (nSPS) is 25.1. The molecule has 1 aliphatic rings. The zero-order valence-electron chi connectivity index (χ0n) is 10.5. The van der Waals surface area contributed by atoms with E-state index in [1.807, 2.05) is 24.4 Å². The molecule has 2 atom stereocenters. The summed E-state index contributed by atoms with van der Waals surface area (Å²) in [5, 5.41) is 11.2. The lowest BCUT2D eigenvalue weighted by molar-refractivity contribution is -0.155. The topological polar surface area (TPSA) is 57.6 Å². The van der Waals surface area contributed by atoms with Crippen LogP contribution in [0.4, 0.5) is 0 Å². The summed E-state index contributed by atoms with van der Waals surface area (Å²) in [7, 11) is 0. The Bertz CT molecular complexity index is 457. The van der Waals surface area contributed by atoms with E-state index in [2.05, 4.69) is 0 Å². The number of aliphatic carboxylic acids is 1. The lowest BCUT2D eigenvalue weighted by Crippen LogP contribution is -2.51. The van der Waals surface area contributed by atoms with Gasteiger partial charge in [-0.25, -0.2) is 4.79 Å². The Hall–Kier alpha value is -1.36. The van der Waals surface area contributed by atoms with Gasteiger partial charge < -0.3 is 10.0 Å². The minimum Gasteiger partial charge on any atom is -0.480 e. The lowest BCUT2D eigenvalue weighted by atomic mass is 9.97. The SMILES string of the molecule is CC(C(=O)N1CCCC1(C)C(=O)O)c1cccs1. The Balaban J connectivity index is 2.21. The van der Waals surface area contributed by atoms with E-state index in [9.17, 15) is 14.7 Å². The van der Waals surface area contributed by atoms with Crippen molar-refractivity contribution in [3.8, 4) is 0 Å². The Labute approximate surface area is 110 Å². The van der Waals surface area contributed by atoms with Gasteiger partial charge in [0.15, 0.2) is 0 Å². The first kappa shape index (κ1) is 13.1. The van der Waals surface area contributed by atoms with Crippen LogP contribution < -0.4 is 0 Å². The monoisotopic (exact) mass is 267 g/mol. The van der Waals surface area contributed by atoms with Crippen molar-refractivity contribution in [1.82, 2.24) is 4.90 Å². The molecule has 0 aliphatic carbocycles. The fourth-order valence-corrected chi connectivity index (χ4v) is 3.21. The van der Waals surface area contributed by atoms with Crippen molar-refractivity contribution in [3.63, 3.8) is 0 Å². The van der Waals surface area contributed by atoms with Crippen LogP contribution >= 0.6 is 11.3 Å². The van der Waals surface area contributed by atoms with Crippen molar-refractivity contribution in [1.29, 1.82) is 0 Å². The van der Waals surface area contributed by atoms with Gasteiger partial charge in [-0.2, -0.15) is 0 Å². The molecule has 1 aromatic heterocycles. The molecule has 1 amide bonds. The summed E-state index contributed by atoms with van der Waals surface area (Å²) in [5.41, 5.74) is -1.04. The highest BCUT2D eigenvalue weighted by Crippen LogP contribution is 2.33. The maximum atomic E-state index is 12.4. The zero-order valence-corrected chi connectivity index (χ0v) is 11.4. The number of likely N-dealkylation sites (tertiary alicyclic amines) is 1. The molecule has 2 unspecified atom stereocenters. The summed E-state index contributed by atoms with van der Waals surface area (Å²) < 4.78 is 0. The summed E-state index contributed by atoms with van der Waals surface area (Å²) in [6.07, 6.45) is 1.29. The van der Waals surface area contributed by atoms with Crippen LogP contribution in [0.2, 0.25) is 0 Å². The number of carboxylic acids is 1. The van der Waals surface area contributed by atoms with Gasteiger partial charge in [0, 0.05) is 11.4 Å². The van der Waals surface area contributed by atoms with Gasteiger partial charge in [0.05, 0.1) is 5.92 Å². The standard InChI is InChI=1S/C13H17NO3S/c1-9(10-5-3-8-18-10)11(15)14-7-4-6-13(14,2)12(16)17/h3,5,8-9H,4,6-7H2,1-2H3,(H,16,17). The summed E-state index contributed by atoms with van der Waals surface area (Å²) in [6.45, 7) is 4.02. The predicted octanol–water partition coefficient (Wildman–Crippen LogP) is 2.32. The van der Waals surface area contributed by atoms with Crippen molar-refractivity contribution >= 4 is 23.2 Å². The molecule has 1 fully saturated rings. The van der Waals surface area contributed by atoms with Crippen LogP contribution in [0.15, 0.2) is 17.5 Å². The molecule has 0 aromatic carbocycles. The molecule has 98 valence electrons. The number of carbonyl (C=O) groups is 2. The predicted molar refractivity (Wildman–Crippen MR) is 69.7 cm³/mol. The van der Waals surface area contributed by atoms with Crippen molar-refractivity contribution < 1.29 is 14.7 Å². The summed E-state index contributed by atoms with van der Waals surface area (Å²) in [5.74, 6) is -1.26. The molecule has 5 heteroatoms. The van der Waals surface area contributed by atoms with Gasteiger partial charge in [-0.3, -0.25) is 4.79 Å². The molecule has 1 aromatic rings. The van der Waals surface area contributed by atoms with Crippen molar-refractivity contribution in [2.75, 3.05) is 6.54 Å². The number of thiophene rings is 1. The third kappa shape index (κ3) is 2.03. The minimum absolute atomic E-state index is 0.0835. The van der Waals surface area contributed by atoms with Crippen molar-refractivity contribution in [2.45, 2.75) is 38.1 Å². The highest BCUT2D eigenvalue weighted by molar-refractivity contribution is 7.10. The summed E-state index contributed by atoms with van der Waals surface area (Å²) in [6, 6.07) is 3.82. The van der Waals surface area contributed by atoms with Crippen LogP contribution in [0.25, 0.3) is 0 Å². The first-order valence-electron chi connectivity index (χ1n) is 6.05. The molecule has 4 nitrogen and oxygen atoms in total. The first-order valence-corrected chi connectivity index (χ1v) is 6.93.